The molecule has 1 saturated heterocycles. The minimum atomic E-state index is -1.02. The summed E-state index contributed by atoms with van der Waals surface area (Å²) < 4.78 is 13.3. The normalized spacial score (nSPS) is 37.3. The van der Waals surface area contributed by atoms with Gasteiger partial charge in [-0.25, -0.2) is 0 Å². The summed E-state index contributed by atoms with van der Waals surface area (Å²) in [6.07, 6.45) is 6.70. The van der Waals surface area contributed by atoms with Gasteiger partial charge in [0.1, 0.15) is 17.7 Å². The van der Waals surface area contributed by atoms with Gasteiger partial charge in [-0.1, -0.05) is 6.07 Å². The van der Waals surface area contributed by atoms with E-state index in [9.17, 15) is 19.5 Å². The first kappa shape index (κ1) is 26.1. The first-order valence-corrected chi connectivity index (χ1v) is 14.8. The number of primary amides is 1. The lowest BCUT2D eigenvalue weighted by Gasteiger charge is -2.74. The number of ether oxygens (including phenoxy) is 2. The number of aromatic hydroxyl groups is 1. The first-order chi connectivity index (χ1) is 19.1. The van der Waals surface area contributed by atoms with E-state index in [2.05, 4.69) is 21.6 Å². The standard InChI is InChI=1S/C30H40N4O6/c1-16(35)33-20(12-23(31)37)26(38)32-14-19-13-28-7-8-30(19,39-2)27-29(28)9-10-34(15-17-3-4-17)22(28)11-18-5-6-21(36)25(40-27)24(18)29/h5-6,17,19-20,22,27,36H,3-4,7-15H2,1-2H3,(H2,31,37)(H,32,38)(H,33,35)/t19-,20+,22-,27-,28-,29+,30-/m1/s1. The third-order valence-corrected chi connectivity index (χ3v) is 11.4. The van der Waals surface area contributed by atoms with E-state index in [0.29, 0.717) is 18.3 Å². The van der Waals surface area contributed by atoms with E-state index >= 15 is 0 Å². The smallest absolute Gasteiger partial charge is 0.243 e. The predicted molar refractivity (Wildman–Crippen MR) is 145 cm³/mol. The molecular formula is C30H40N4O6. The zero-order chi connectivity index (χ0) is 28.0. The van der Waals surface area contributed by atoms with Crippen LogP contribution >= 0.6 is 0 Å². The number of methoxy groups -OCH3 is 1. The number of amides is 3. The molecule has 5 aliphatic carbocycles. The van der Waals surface area contributed by atoms with Gasteiger partial charge < -0.3 is 30.9 Å². The molecule has 0 unspecified atom stereocenters. The van der Waals surface area contributed by atoms with Crippen molar-refractivity contribution in [2.75, 3.05) is 26.7 Å². The minimum absolute atomic E-state index is 0.0405. The van der Waals surface area contributed by atoms with Crippen LogP contribution in [-0.4, -0.2) is 78.3 Å². The molecule has 5 N–H and O–H groups in total. The SMILES string of the molecule is CO[C@]12CC[C@@]3(C[C@@H]1CNC(=O)[C@H](CC(N)=O)NC(C)=O)[C@H]1Cc4ccc(O)c5c4[C@@]3(CCN1CC1CC1)[C@H]2O5. The molecule has 8 rings (SSSR count). The fraction of sp³-hybridized carbons (Fsp3) is 0.700. The first-order valence-electron chi connectivity index (χ1n) is 14.8. The molecule has 4 saturated carbocycles. The Hall–Kier alpha value is -2.85. The van der Waals surface area contributed by atoms with E-state index < -0.39 is 29.4 Å². The Morgan fingerprint density at radius 2 is 2.05 bits per heavy atom. The number of piperidine rings is 1. The lowest BCUT2D eigenvalue weighted by molar-refractivity contribution is -0.276. The Morgan fingerprint density at radius 3 is 2.75 bits per heavy atom. The quantitative estimate of drug-likeness (QED) is 0.359. The maximum absolute atomic E-state index is 13.2. The summed E-state index contributed by atoms with van der Waals surface area (Å²) in [6.45, 7) is 3.80. The third-order valence-electron chi connectivity index (χ3n) is 11.4. The van der Waals surface area contributed by atoms with Gasteiger partial charge in [-0.15, -0.1) is 0 Å². The van der Waals surface area contributed by atoms with Gasteiger partial charge in [-0.3, -0.25) is 19.3 Å². The Kier molecular flexibility index (Phi) is 5.75. The third kappa shape index (κ3) is 3.38. The topological polar surface area (TPSA) is 143 Å². The highest BCUT2D eigenvalue weighted by Gasteiger charge is 2.80. The van der Waals surface area contributed by atoms with E-state index in [1.54, 1.807) is 13.2 Å². The number of rotatable bonds is 9. The molecule has 10 nitrogen and oxygen atoms in total. The number of carbonyl (C=O) groups is 3. The summed E-state index contributed by atoms with van der Waals surface area (Å²) in [5.74, 6) is 0.0843. The second-order valence-corrected chi connectivity index (χ2v) is 13.2. The molecule has 10 heteroatoms. The molecule has 216 valence electrons. The highest BCUT2D eigenvalue weighted by atomic mass is 16.6. The van der Waals surface area contributed by atoms with Gasteiger partial charge in [-0.05, 0) is 69.0 Å². The van der Waals surface area contributed by atoms with Crippen molar-refractivity contribution in [3.05, 3.63) is 23.3 Å². The van der Waals surface area contributed by atoms with E-state index in [-0.39, 0.29) is 35.0 Å². The Morgan fingerprint density at radius 1 is 1.25 bits per heavy atom. The van der Waals surface area contributed by atoms with Crippen LogP contribution in [0.3, 0.4) is 0 Å². The minimum Gasteiger partial charge on any atom is -0.504 e. The molecule has 40 heavy (non-hydrogen) atoms. The van der Waals surface area contributed by atoms with Crippen LogP contribution in [0.1, 0.15) is 63.0 Å². The number of phenolic OH excluding ortho intramolecular Hbond substituents is 1. The number of carbonyl (C=O) groups excluding carboxylic acids is 3. The molecule has 5 fully saturated rings. The van der Waals surface area contributed by atoms with Crippen molar-refractivity contribution in [1.29, 1.82) is 0 Å². The number of likely N-dealkylation sites (tertiary alicyclic amines) is 1. The zero-order valence-corrected chi connectivity index (χ0v) is 23.3. The molecule has 7 atom stereocenters. The summed E-state index contributed by atoms with van der Waals surface area (Å²) in [5.41, 5.74) is 6.91. The number of phenols is 1. The number of fused-ring (bicyclic) bond motifs is 2. The molecule has 1 aromatic rings. The lowest BCUT2D eigenvalue weighted by atomic mass is 9.35. The van der Waals surface area contributed by atoms with Crippen molar-refractivity contribution in [2.24, 2.45) is 23.0 Å². The van der Waals surface area contributed by atoms with Crippen LogP contribution in [0.4, 0.5) is 0 Å². The average molecular weight is 553 g/mol. The van der Waals surface area contributed by atoms with Crippen LogP contribution in [0.25, 0.3) is 0 Å². The fourth-order valence-electron chi connectivity index (χ4n) is 9.79. The van der Waals surface area contributed by atoms with Gasteiger partial charge in [0.15, 0.2) is 11.5 Å². The highest BCUT2D eigenvalue weighted by Crippen LogP contribution is 2.76. The van der Waals surface area contributed by atoms with Gasteiger partial charge >= 0.3 is 0 Å². The largest absolute Gasteiger partial charge is 0.504 e. The number of nitrogens with one attached hydrogen (secondary N) is 2. The maximum atomic E-state index is 13.2. The number of hydrogen-bond acceptors (Lipinski definition) is 7. The second-order valence-electron chi connectivity index (χ2n) is 13.2. The van der Waals surface area contributed by atoms with Crippen molar-refractivity contribution >= 4 is 17.7 Å². The van der Waals surface area contributed by atoms with Crippen molar-refractivity contribution in [2.45, 2.75) is 87.5 Å². The fourth-order valence-corrected chi connectivity index (χ4v) is 9.79. The van der Waals surface area contributed by atoms with Crippen LogP contribution < -0.4 is 21.1 Å². The predicted octanol–water partition coefficient (Wildman–Crippen LogP) is 1.11. The van der Waals surface area contributed by atoms with Crippen LogP contribution in [0.15, 0.2) is 12.1 Å². The highest BCUT2D eigenvalue weighted by molar-refractivity contribution is 5.91. The number of nitrogens with zero attached hydrogens (tertiary/aromatic N) is 1. The molecule has 0 radical (unpaired) electrons. The molecule has 3 amide bonds. The van der Waals surface area contributed by atoms with Crippen LogP contribution in [0.2, 0.25) is 0 Å². The zero-order valence-electron chi connectivity index (χ0n) is 23.3. The Balaban J connectivity index is 1.26. The van der Waals surface area contributed by atoms with Crippen molar-refractivity contribution in [3.63, 3.8) is 0 Å². The summed E-state index contributed by atoms with van der Waals surface area (Å²) in [5, 5.41) is 16.6. The molecule has 2 heterocycles. The van der Waals surface area contributed by atoms with Gasteiger partial charge in [0, 0.05) is 55.5 Å². The van der Waals surface area contributed by atoms with E-state index in [0.717, 1.165) is 51.1 Å². The van der Waals surface area contributed by atoms with Gasteiger partial charge in [0.25, 0.3) is 0 Å². The monoisotopic (exact) mass is 552 g/mol. The summed E-state index contributed by atoms with van der Waals surface area (Å²) >= 11 is 0. The Bertz CT molecular complexity index is 1270. The van der Waals surface area contributed by atoms with Gasteiger partial charge in [0.05, 0.1) is 6.42 Å². The molecular weight excluding hydrogens is 512 g/mol. The molecule has 0 aromatic heterocycles. The molecule has 7 aliphatic rings. The van der Waals surface area contributed by atoms with Gasteiger partial charge in [-0.2, -0.15) is 0 Å². The Labute approximate surface area is 234 Å². The molecule has 4 bridgehead atoms. The summed E-state index contributed by atoms with van der Waals surface area (Å²) in [4.78, 5) is 39.3. The summed E-state index contributed by atoms with van der Waals surface area (Å²) in [6, 6.07) is 3.23. The molecule has 2 aliphatic heterocycles. The van der Waals surface area contributed by atoms with Crippen molar-refractivity contribution < 1.29 is 29.0 Å². The van der Waals surface area contributed by atoms with Crippen LogP contribution in [0, 0.1) is 17.3 Å². The van der Waals surface area contributed by atoms with Crippen LogP contribution in [-0.2, 0) is 31.0 Å². The molecule has 2 spiro atoms. The average Bonchev–Trinajstić information content (AvgIpc) is 3.66. The maximum Gasteiger partial charge on any atom is 0.243 e. The summed E-state index contributed by atoms with van der Waals surface area (Å²) in [7, 11) is 1.74. The number of benzene rings is 1. The van der Waals surface area contributed by atoms with Crippen molar-refractivity contribution in [1.82, 2.24) is 15.5 Å². The molecule has 1 aromatic carbocycles. The number of nitrogens with two attached hydrogens (primary N) is 1. The second kappa shape index (κ2) is 8.82. The number of hydrogen-bond donors (Lipinski definition) is 4. The van der Waals surface area contributed by atoms with E-state index in [1.165, 1.54) is 30.9 Å². The van der Waals surface area contributed by atoms with Crippen LogP contribution in [0.5, 0.6) is 11.5 Å². The van der Waals surface area contributed by atoms with Crippen molar-refractivity contribution in [3.8, 4) is 11.5 Å². The van der Waals surface area contributed by atoms with E-state index in [4.69, 9.17) is 15.2 Å². The van der Waals surface area contributed by atoms with E-state index in [1.807, 2.05) is 0 Å². The van der Waals surface area contributed by atoms with Gasteiger partial charge in [0.2, 0.25) is 17.7 Å². The lowest BCUT2D eigenvalue weighted by Crippen LogP contribution is -2.81.